The molecule has 3 atom stereocenters. The second-order valence-corrected chi connectivity index (χ2v) is 11.0. The molecule has 216 valence electrons. The lowest BCUT2D eigenvalue weighted by molar-refractivity contribution is -0.141. The van der Waals surface area contributed by atoms with E-state index in [4.69, 9.17) is 21.3 Å². The van der Waals surface area contributed by atoms with Crippen LogP contribution in [0.3, 0.4) is 0 Å². The molecule has 13 nitrogen and oxygen atoms in total. The number of phosphoric acid groups is 1. The highest BCUT2D eigenvalue weighted by atomic mass is 31.2. The van der Waals surface area contributed by atoms with Gasteiger partial charge < -0.3 is 31.5 Å². The molecular weight excluding hydrogens is 529 g/mol. The van der Waals surface area contributed by atoms with Crippen molar-refractivity contribution in [2.24, 2.45) is 17.4 Å². The van der Waals surface area contributed by atoms with Crippen LogP contribution in [-0.2, 0) is 23.7 Å². The highest BCUT2D eigenvalue weighted by Gasteiger charge is 2.38. The summed E-state index contributed by atoms with van der Waals surface area (Å²) in [7, 11) is -4.67. The molecule has 1 aliphatic heterocycles. The van der Waals surface area contributed by atoms with E-state index in [1.165, 1.54) is 41.3 Å². The van der Waals surface area contributed by atoms with Crippen molar-refractivity contribution in [3.05, 3.63) is 35.9 Å². The molecule has 4 amide bonds. The Kier molecular flexibility index (Phi) is 12.1. The van der Waals surface area contributed by atoms with Crippen LogP contribution in [0.15, 0.2) is 30.3 Å². The standard InChI is InChI=1S/C25H38N5O8P/c1-16(2)14-20(29-23(32)12-7-17-5-9-19(10-6-17)38-39(35,36)37)25(34)30-13-3-4-21(30)24(33)28-18(15-26)8-11-22(27)31/h5-7,9-10,12,16,18,20-21H,3-4,8,11,13-15,26H2,1-2H3,(H2,27,31)(H,28,33)(H,29,32)(H2,35,36,37)/b12-7+/t18-,20-,21-/m0/s1. The molecule has 0 unspecified atom stereocenters. The van der Waals surface area contributed by atoms with Gasteiger partial charge in [-0.25, -0.2) is 4.57 Å². The molecule has 0 spiro atoms. The van der Waals surface area contributed by atoms with Gasteiger partial charge in [-0.1, -0.05) is 26.0 Å². The fourth-order valence-corrected chi connectivity index (χ4v) is 4.62. The predicted molar refractivity (Wildman–Crippen MR) is 144 cm³/mol. The summed E-state index contributed by atoms with van der Waals surface area (Å²) in [6.45, 7) is 4.33. The van der Waals surface area contributed by atoms with Crippen molar-refractivity contribution in [2.75, 3.05) is 13.1 Å². The minimum Gasteiger partial charge on any atom is -0.404 e. The first-order chi connectivity index (χ1) is 18.3. The highest BCUT2D eigenvalue weighted by Crippen LogP contribution is 2.37. The van der Waals surface area contributed by atoms with E-state index in [0.29, 0.717) is 37.8 Å². The number of nitrogens with two attached hydrogens (primary N) is 2. The Balaban J connectivity index is 2.06. The zero-order valence-corrected chi connectivity index (χ0v) is 23.0. The van der Waals surface area contributed by atoms with E-state index >= 15 is 0 Å². The Hall–Kier alpha value is -3.25. The first-order valence-corrected chi connectivity index (χ1v) is 14.2. The van der Waals surface area contributed by atoms with Gasteiger partial charge in [0.25, 0.3) is 0 Å². The molecule has 0 radical (unpaired) electrons. The molecule has 14 heteroatoms. The second-order valence-electron chi connectivity index (χ2n) is 9.81. The van der Waals surface area contributed by atoms with E-state index in [9.17, 15) is 23.7 Å². The number of carbonyl (C=O) groups is 4. The molecule has 1 aromatic carbocycles. The minimum absolute atomic E-state index is 0.0256. The van der Waals surface area contributed by atoms with E-state index < -0.39 is 37.8 Å². The van der Waals surface area contributed by atoms with E-state index in [-0.39, 0.29) is 36.4 Å². The maximum absolute atomic E-state index is 13.5. The molecule has 2 rings (SSSR count). The molecule has 0 saturated carbocycles. The van der Waals surface area contributed by atoms with E-state index in [1.54, 1.807) is 0 Å². The molecule has 1 aromatic rings. The number of nitrogens with one attached hydrogen (secondary N) is 2. The lowest BCUT2D eigenvalue weighted by Crippen LogP contribution is -2.55. The first-order valence-electron chi connectivity index (χ1n) is 12.7. The molecule has 1 saturated heterocycles. The number of amides is 4. The molecule has 39 heavy (non-hydrogen) atoms. The molecule has 0 bridgehead atoms. The van der Waals surface area contributed by atoms with Gasteiger partial charge in [-0.05, 0) is 55.4 Å². The Bertz CT molecular complexity index is 1090. The van der Waals surface area contributed by atoms with E-state index in [0.717, 1.165) is 0 Å². The van der Waals surface area contributed by atoms with Crippen LogP contribution >= 0.6 is 7.82 Å². The highest BCUT2D eigenvalue weighted by molar-refractivity contribution is 7.46. The maximum Gasteiger partial charge on any atom is 0.524 e. The van der Waals surface area contributed by atoms with Gasteiger partial charge in [0.05, 0.1) is 0 Å². The fourth-order valence-electron chi connectivity index (χ4n) is 4.23. The summed E-state index contributed by atoms with van der Waals surface area (Å²) >= 11 is 0. The first kappa shape index (κ1) is 32.0. The van der Waals surface area contributed by atoms with Crippen LogP contribution in [0, 0.1) is 5.92 Å². The summed E-state index contributed by atoms with van der Waals surface area (Å²) in [6, 6.07) is 3.71. The van der Waals surface area contributed by atoms with Gasteiger partial charge in [-0.3, -0.25) is 29.0 Å². The van der Waals surface area contributed by atoms with Crippen molar-refractivity contribution in [3.8, 4) is 5.75 Å². The lowest BCUT2D eigenvalue weighted by Gasteiger charge is -2.30. The van der Waals surface area contributed by atoms with Crippen LogP contribution in [0.25, 0.3) is 6.08 Å². The minimum atomic E-state index is -4.67. The summed E-state index contributed by atoms with van der Waals surface area (Å²) in [4.78, 5) is 69.4. The number of phosphoric ester groups is 1. The number of rotatable bonds is 14. The monoisotopic (exact) mass is 567 g/mol. The van der Waals surface area contributed by atoms with E-state index in [1.807, 2.05) is 13.8 Å². The van der Waals surface area contributed by atoms with Crippen LogP contribution in [-0.4, -0.2) is 69.5 Å². The van der Waals surface area contributed by atoms with Crippen molar-refractivity contribution in [2.45, 2.75) is 64.1 Å². The van der Waals surface area contributed by atoms with Crippen LogP contribution < -0.4 is 26.6 Å². The summed E-state index contributed by atoms with van der Waals surface area (Å²) in [5, 5.41) is 5.54. The van der Waals surface area contributed by atoms with Crippen LogP contribution in [0.4, 0.5) is 0 Å². The summed E-state index contributed by atoms with van der Waals surface area (Å²) in [5.41, 5.74) is 11.5. The number of hydrogen-bond acceptors (Lipinski definition) is 7. The molecule has 1 heterocycles. The molecule has 0 aromatic heterocycles. The predicted octanol–water partition coefficient (Wildman–Crippen LogP) is 0.402. The molecule has 8 N–H and O–H groups in total. The normalized spacial score (nSPS) is 17.2. The third-order valence-electron chi connectivity index (χ3n) is 6.06. The average molecular weight is 568 g/mol. The molecule has 0 aliphatic carbocycles. The summed E-state index contributed by atoms with van der Waals surface area (Å²) in [6.07, 6.45) is 4.57. The quantitative estimate of drug-likeness (QED) is 0.135. The van der Waals surface area contributed by atoms with Gasteiger partial charge in [0, 0.05) is 31.6 Å². The number of likely N-dealkylation sites (tertiary alicyclic amines) is 1. The van der Waals surface area contributed by atoms with Crippen LogP contribution in [0.1, 0.15) is 51.5 Å². The van der Waals surface area contributed by atoms with Gasteiger partial charge in [0.2, 0.25) is 23.6 Å². The van der Waals surface area contributed by atoms with Crippen molar-refractivity contribution < 1.29 is 38.1 Å². The van der Waals surface area contributed by atoms with Crippen molar-refractivity contribution >= 4 is 37.5 Å². The summed E-state index contributed by atoms with van der Waals surface area (Å²) < 4.78 is 15.4. The fraction of sp³-hybridized carbons (Fsp3) is 0.520. The summed E-state index contributed by atoms with van der Waals surface area (Å²) in [5.74, 6) is -1.67. The Morgan fingerprint density at radius 1 is 1.18 bits per heavy atom. The molecule has 1 aliphatic rings. The Morgan fingerprint density at radius 3 is 2.41 bits per heavy atom. The number of benzene rings is 1. The van der Waals surface area contributed by atoms with Gasteiger partial charge in [0.1, 0.15) is 17.8 Å². The third kappa shape index (κ3) is 11.2. The van der Waals surface area contributed by atoms with E-state index in [2.05, 4.69) is 15.2 Å². The van der Waals surface area contributed by atoms with Crippen LogP contribution in [0.5, 0.6) is 5.75 Å². The zero-order chi connectivity index (χ0) is 29.2. The van der Waals surface area contributed by atoms with Gasteiger partial charge in [0.15, 0.2) is 0 Å². The smallest absolute Gasteiger partial charge is 0.404 e. The molecule has 1 fully saturated rings. The lowest BCUT2D eigenvalue weighted by atomic mass is 10.0. The largest absolute Gasteiger partial charge is 0.524 e. The number of carbonyl (C=O) groups excluding carboxylic acids is 4. The topological polar surface area (TPSA) is 214 Å². The molecular formula is C25H38N5O8P. The van der Waals surface area contributed by atoms with Crippen molar-refractivity contribution in [3.63, 3.8) is 0 Å². The maximum atomic E-state index is 13.5. The Morgan fingerprint density at radius 2 is 1.85 bits per heavy atom. The zero-order valence-electron chi connectivity index (χ0n) is 22.1. The van der Waals surface area contributed by atoms with Crippen molar-refractivity contribution in [1.82, 2.24) is 15.5 Å². The Labute approximate surface area is 227 Å². The van der Waals surface area contributed by atoms with Gasteiger partial charge >= 0.3 is 7.82 Å². The van der Waals surface area contributed by atoms with Crippen LogP contribution in [0.2, 0.25) is 0 Å². The number of hydrogen-bond donors (Lipinski definition) is 6. The third-order valence-corrected chi connectivity index (χ3v) is 6.51. The second kappa shape index (κ2) is 14.8. The van der Waals surface area contributed by atoms with Gasteiger partial charge in [-0.2, -0.15) is 0 Å². The van der Waals surface area contributed by atoms with Gasteiger partial charge in [-0.15, -0.1) is 0 Å². The SMILES string of the molecule is CC(C)C[C@H](NC(=O)/C=C/c1ccc(OP(=O)(O)O)cc1)C(=O)N1CCC[C@H]1C(=O)N[C@H](CN)CCC(N)=O. The number of primary amides is 1. The van der Waals surface area contributed by atoms with Crippen molar-refractivity contribution in [1.29, 1.82) is 0 Å². The average Bonchev–Trinajstić information content (AvgIpc) is 3.34. The number of nitrogens with zero attached hydrogens (tertiary/aromatic N) is 1.